The molecule has 0 saturated carbocycles. The van der Waals surface area contributed by atoms with Gasteiger partial charge >= 0.3 is 0 Å². The number of nitrogens with two attached hydrogens (primary N) is 1. The third-order valence-corrected chi connectivity index (χ3v) is 1.90. The molecule has 3 heteroatoms. The Morgan fingerprint density at radius 3 is 2.64 bits per heavy atom. The summed E-state index contributed by atoms with van der Waals surface area (Å²) in [6.45, 7) is 4.15. The summed E-state index contributed by atoms with van der Waals surface area (Å²) < 4.78 is 0.930. The van der Waals surface area contributed by atoms with Crippen LogP contribution in [0, 0.1) is 0 Å². The number of halogens is 1. The lowest BCUT2D eigenvalue weighted by Gasteiger charge is -2.07. The quantitative estimate of drug-likeness (QED) is 0.781. The predicted molar refractivity (Wildman–Crippen MR) is 50.4 cm³/mol. The summed E-state index contributed by atoms with van der Waals surface area (Å²) >= 11 is 3.30. The molecule has 0 bridgehead atoms. The van der Waals surface area contributed by atoms with Gasteiger partial charge in [-0.2, -0.15) is 0 Å². The Morgan fingerprint density at radius 2 is 2.18 bits per heavy atom. The van der Waals surface area contributed by atoms with Gasteiger partial charge in [-0.15, -0.1) is 0 Å². The molecule has 1 heterocycles. The number of aromatic nitrogens is 1. The summed E-state index contributed by atoms with van der Waals surface area (Å²) in [5.41, 5.74) is 7.45. The van der Waals surface area contributed by atoms with E-state index in [2.05, 4.69) is 34.8 Å². The van der Waals surface area contributed by atoms with Gasteiger partial charge in [0.15, 0.2) is 0 Å². The maximum Gasteiger partial charge on any atom is 0.0658 e. The van der Waals surface area contributed by atoms with Gasteiger partial charge in [-0.05, 0) is 27.9 Å². The second-order valence-corrected chi connectivity index (χ2v) is 3.70. The van der Waals surface area contributed by atoms with Crippen LogP contribution >= 0.6 is 15.9 Å². The van der Waals surface area contributed by atoms with Gasteiger partial charge in [0, 0.05) is 10.7 Å². The molecule has 0 aliphatic heterocycles. The van der Waals surface area contributed by atoms with E-state index in [9.17, 15) is 0 Å². The average Bonchev–Trinajstić information content (AvgIpc) is 1.85. The van der Waals surface area contributed by atoms with E-state index in [1.54, 1.807) is 6.20 Å². The van der Waals surface area contributed by atoms with Crippen LogP contribution in [-0.2, 0) is 0 Å². The molecule has 0 aliphatic carbocycles. The van der Waals surface area contributed by atoms with Crippen LogP contribution in [0.4, 0.5) is 5.69 Å². The molecule has 0 atom stereocenters. The first-order valence-electron chi connectivity index (χ1n) is 3.52. The maximum atomic E-state index is 5.73. The number of nitrogens with zero attached hydrogens (tertiary/aromatic N) is 1. The molecule has 0 amide bonds. The van der Waals surface area contributed by atoms with E-state index in [4.69, 9.17) is 5.73 Å². The highest BCUT2D eigenvalue weighted by atomic mass is 79.9. The second-order valence-electron chi connectivity index (χ2n) is 2.78. The Balaban J connectivity index is 3.09. The number of nitrogen functional groups attached to an aromatic ring is 1. The molecule has 1 aromatic heterocycles. The summed E-state index contributed by atoms with van der Waals surface area (Å²) in [6, 6.07) is 1.88. The third kappa shape index (κ3) is 1.93. The number of hydrogen-bond acceptors (Lipinski definition) is 2. The van der Waals surface area contributed by atoms with Crippen LogP contribution < -0.4 is 5.73 Å². The molecule has 0 fully saturated rings. The Labute approximate surface area is 75.0 Å². The SMILES string of the molecule is CC(C)c1ncc(Br)cc1N. The van der Waals surface area contributed by atoms with Gasteiger partial charge in [-0.25, -0.2) is 0 Å². The van der Waals surface area contributed by atoms with E-state index in [1.165, 1.54) is 0 Å². The van der Waals surface area contributed by atoms with Gasteiger partial charge in [0.05, 0.1) is 11.4 Å². The minimum Gasteiger partial charge on any atom is -0.397 e. The zero-order valence-corrected chi connectivity index (χ0v) is 8.22. The van der Waals surface area contributed by atoms with Gasteiger partial charge < -0.3 is 5.73 Å². The van der Waals surface area contributed by atoms with Gasteiger partial charge in [-0.3, -0.25) is 4.98 Å². The largest absolute Gasteiger partial charge is 0.397 e. The predicted octanol–water partition coefficient (Wildman–Crippen LogP) is 2.55. The van der Waals surface area contributed by atoms with Crippen LogP contribution in [-0.4, -0.2) is 4.98 Å². The average molecular weight is 215 g/mol. The molecule has 0 aromatic carbocycles. The lowest BCUT2D eigenvalue weighted by Crippen LogP contribution is -1.99. The number of rotatable bonds is 1. The second kappa shape index (κ2) is 3.22. The fourth-order valence-corrected chi connectivity index (χ4v) is 1.30. The summed E-state index contributed by atoms with van der Waals surface area (Å²) in [5, 5.41) is 0. The van der Waals surface area contributed by atoms with Crippen LogP contribution in [0.15, 0.2) is 16.7 Å². The van der Waals surface area contributed by atoms with Crippen molar-refractivity contribution in [1.82, 2.24) is 4.98 Å². The Hall–Kier alpha value is -0.570. The molecule has 60 valence electrons. The van der Waals surface area contributed by atoms with Crippen molar-refractivity contribution in [2.75, 3.05) is 5.73 Å². The van der Waals surface area contributed by atoms with E-state index in [0.29, 0.717) is 5.92 Å². The molecule has 0 spiro atoms. The molecule has 2 nitrogen and oxygen atoms in total. The molecule has 0 saturated heterocycles. The topological polar surface area (TPSA) is 38.9 Å². The highest BCUT2D eigenvalue weighted by molar-refractivity contribution is 9.10. The third-order valence-electron chi connectivity index (χ3n) is 1.46. The van der Waals surface area contributed by atoms with Crippen LogP contribution in [0.2, 0.25) is 0 Å². The van der Waals surface area contributed by atoms with Crippen LogP contribution in [0.5, 0.6) is 0 Å². The van der Waals surface area contributed by atoms with Gasteiger partial charge in [-0.1, -0.05) is 13.8 Å². The van der Waals surface area contributed by atoms with Crippen LogP contribution in [0.3, 0.4) is 0 Å². The first kappa shape index (κ1) is 8.53. The zero-order chi connectivity index (χ0) is 8.43. The van der Waals surface area contributed by atoms with E-state index in [1.807, 2.05) is 6.07 Å². The van der Waals surface area contributed by atoms with Crippen molar-refractivity contribution < 1.29 is 0 Å². The Morgan fingerprint density at radius 1 is 1.55 bits per heavy atom. The first-order chi connectivity index (χ1) is 5.11. The Kier molecular flexibility index (Phi) is 2.49. The first-order valence-corrected chi connectivity index (χ1v) is 4.31. The minimum atomic E-state index is 0.392. The van der Waals surface area contributed by atoms with E-state index < -0.39 is 0 Å². The highest BCUT2D eigenvalue weighted by Gasteiger charge is 2.04. The van der Waals surface area contributed by atoms with Crippen molar-refractivity contribution in [3.8, 4) is 0 Å². The van der Waals surface area contributed by atoms with Crippen molar-refractivity contribution in [1.29, 1.82) is 0 Å². The fourth-order valence-electron chi connectivity index (χ4n) is 0.948. The van der Waals surface area contributed by atoms with Crippen molar-refractivity contribution in [3.05, 3.63) is 22.4 Å². The van der Waals surface area contributed by atoms with Crippen molar-refractivity contribution in [2.45, 2.75) is 19.8 Å². The zero-order valence-electron chi connectivity index (χ0n) is 6.63. The highest BCUT2D eigenvalue weighted by Crippen LogP contribution is 2.21. The molecule has 0 radical (unpaired) electrons. The van der Waals surface area contributed by atoms with Crippen molar-refractivity contribution in [2.24, 2.45) is 0 Å². The van der Waals surface area contributed by atoms with Gasteiger partial charge in [0.1, 0.15) is 0 Å². The number of pyridine rings is 1. The molecule has 1 aromatic rings. The molecular weight excluding hydrogens is 204 g/mol. The van der Waals surface area contributed by atoms with Crippen molar-refractivity contribution >= 4 is 21.6 Å². The lowest BCUT2D eigenvalue weighted by atomic mass is 10.1. The van der Waals surface area contributed by atoms with Crippen molar-refractivity contribution in [3.63, 3.8) is 0 Å². The lowest BCUT2D eigenvalue weighted by molar-refractivity contribution is 0.826. The maximum absolute atomic E-state index is 5.73. The monoisotopic (exact) mass is 214 g/mol. The number of anilines is 1. The fraction of sp³-hybridized carbons (Fsp3) is 0.375. The van der Waals surface area contributed by atoms with E-state index in [0.717, 1.165) is 15.9 Å². The molecule has 0 unspecified atom stereocenters. The van der Waals surface area contributed by atoms with Crippen LogP contribution in [0.25, 0.3) is 0 Å². The molecule has 2 N–H and O–H groups in total. The van der Waals surface area contributed by atoms with Crippen LogP contribution in [0.1, 0.15) is 25.5 Å². The normalized spacial score (nSPS) is 10.5. The van der Waals surface area contributed by atoms with Gasteiger partial charge in [0.2, 0.25) is 0 Å². The molecule has 1 rings (SSSR count). The standard InChI is InChI=1S/C8H11BrN2/c1-5(2)8-7(10)3-6(9)4-11-8/h3-5H,10H2,1-2H3. The summed E-state index contributed by atoms with van der Waals surface area (Å²) in [5.74, 6) is 0.392. The summed E-state index contributed by atoms with van der Waals surface area (Å²) in [7, 11) is 0. The smallest absolute Gasteiger partial charge is 0.0658 e. The minimum absolute atomic E-state index is 0.392. The molecule has 11 heavy (non-hydrogen) atoms. The molecule has 0 aliphatic rings. The summed E-state index contributed by atoms with van der Waals surface area (Å²) in [6.07, 6.45) is 1.77. The van der Waals surface area contributed by atoms with E-state index >= 15 is 0 Å². The van der Waals surface area contributed by atoms with Gasteiger partial charge in [0.25, 0.3) is 0 Å². The Bertz CT molecular complexity index is 258. The molecular formula is C8H11BrN2. The summed E-state index contributed by atoms with van der Waals surface area (Å²) in [4.78, 5) is 4.21. The number of hydrogen-bond donors (Lipinski definition) is 1. The van der Waals surface area contributed by atoms with E-state index in [-0.39, 0.29) is 0 Å².